The Morgan fingerprint density at radius 1 is 0.825 bits per heavy atom. The van der Waals surface area contributed by atoms with Gasteiger partial charge in [0.25, 0.3) is 11.6 Å². The van der Waals surface area contributed by atoms with Crippen molar-refractivity contribution in [3.63, 3.8) is 0 Å². The van der Waals surface area contributed by atoms with Gasteiger partial charge in [-0.1, -0.05) is 36.4 Å². The summed E-state index contributed by atoms with van der Waals surface area (Å²) in [6, 6.07) is 21.5. The zero-order valence-electron chi connectivity index (χ0n) is 20.6. The van der Waals surface area contributed by atoms with Crippen molar-refractivity contribution in [3.05, 3.63) is 124 Å². The molecule has 40 heavy (non-hydrogen) atoms. The molecule has 0 radical (unpaired) electrons. The van der Waals surface area contributed by atoms with Crippen molar-refractivity contribution in [3.8, 4) is 22.6 Å². The Morgan fingerprint density at radius 2 is 1.32 bits per heavy atom. The average Bonchev–Trinajstić information content (AvgIpc) is 2.93. The van der Waals surface area contributed by atoms with Crippen LogP contribution >= 0.6 is 0 Å². The molecule has 1 amide bonds. The Balaban J connectivity index is 1.37. The van der Waals surface area contributed by atoms with Gasteiger partial charge in [-0.3, -0.25) is 14.9 Å². The second kappa shape index (κ2) is 11.7. The van der Waals surface area contributed by atoms with Gasteiger partial charge in [0, 0.05) is 24.1 Å². The van der Waals surface area contributed by atoms with E-state index in [-0.39, 0.29) is 17.7 Å². The number of carboxylic acid groups (broad SMARTS) is 1. The van der Waals surface area contributed by atoms with Crippen LogP contribution in [-0.2, 0) is 17.4 Å². The molecule has 1 unspecified atom stereocenters. The lowest BCUT2D eigenvalue weighted by Crippen LogP contribution is -2.42. The van der Waals surface area contributed by atoms with E-state index in [1.165, 1.54) is 48.5 Å². The van der Waals surface area contributed by atoms with Crippen LogP contribution < -0.4 is 10.1 Å². The van der Waals surface area contributed by atoms with E-state index in [4.69, 9.17) is 4.74 Å². The zero-order chi connectivity index (χ0) is 28.9. The Labute approximate surface area is 225 Å². The highest BCUT2D eigenvalue weighted by Gasteiger charge is 2.30. The molecular formula is C29H21F3N2O6. The third kappa shape index (κ3) is 7.01. The number of carboxylic acids is 1. The molecule has 8 nitrogen and oxygen atoms in total. The predicted molar refractivity (Wildman–Crippen MR) is 139 cm³/mol. The summed E-state index contributed by atoms with van der Waals surface area (Å²) >= 11 is 0. The third-order valence-corrected chi connectivity index (χ3v) is 5.94. The molecule has 4 rings (SSSR count). The second-order valence-corrected chi connectivity index (χ2v) is 8.72. The molecule has 4 aromatic rings. The number of nitro groups is 1. The molecule has 0 saturated carbocycles. The van der Waals surface area contributed by atoms with Crippen molar-refractivity contribution in [2.75, 3.05) is 0 Å². The summed E-state index contributed by atoms with van der Waals surface area (Å²) in [4.78, 5) is 34.8. The van der Waals surface area contributed by atoms with Gasteiger partial charge >= 0.3 is 12.1 Å². The van der Waals surface area contributed by atoms with Crippen molar-refractivity contribution < 1.29 is 37.5 Å². The van der Waals surface area contributed by atoms with Crippen LogP contribution in [0.4, 0.5) is 18.9 Å². The minimum absolute atomic E-state index is 0.0114. The number of nitrogens with zero attached hydrogens (tertiary/aromatic N) is 1. The largest absolute Gasteiger partial charge is 0.480 e. The first-order valence-corrected chi connectivity index (χ1v) is 11.8. The number of nitrogens with one attached hydrogen (secondary N) is 1. The van der Waals surface area contributed by atoms with Crippen LogP contribution in [0.1, 0.15) is 21.5 Å². The third-order valence-electron chi connectivity index (χ3n) is 5.94. The second-order valence-electron chi connectivity index (χ2n) is 8.72. The number of amides is 1. The number of nitro benzene ring substituents is 1. The lowest BCUT2D eigenvalue weighted by atomic mass is 10.0. The maximum absolute atomic E-state index is 12.8. The summed E-state index contributed by atoms with van der Waals surface area (Å²) in [7, 11) is 0. The molecule has 0 bridgehead atoms. The molecule has 0 saturated heterocycles. The first-order valence-electron chi connectivity index (χ1n) is 11.8. The van der Waals surface area contributed by atoms with E-state index in [0.29, 0.717) is 28.2 Å². The summed E-state index contributed by atoms with van der Waals surface area (Å²) in [6.45, 7) is 0. The fourth-order valence-electron chi connectivity index (χ4n) is 3.81. The minimum atomic E-state index is -4.44. The Bertz CT molecular complexity index is 1500. The zero-order valence-corrected chi connectivity index (χ0v) is 20.6. The summed E-state index contributed by atoms with van der Waals surface area (Å²) in [5.74, 6) is -1.04. The number of alkyl halides is 3. The van der Waals surface area contributed by atoms with Crippen LogP contribution in [0.3, 0.4) is 0 Å². The van der Waals surface area contributed by atoms with Crippen molar-refractivity contribution in [2.24, 2.45) is 0 Å². The molecule has 204 valence electrons. The minimum Gasteiger partial charge on any atom is -0.480 e. The number of hydrogen-bond acceptors (Lipinski definition) is 5. The van der Waals surface area contributed by atoms with Crippen LogP contribution in [0, 0.1) is 10.1 Å². The van der Waals surface area contributed by atoms with Gasteiger partial charge in [0.05, 0.1) is 10.5 Å². The van der Waals surface area contributed by atoms with Crippen LogP contribution in [0.15, 0.2) is 97.1 Å². The fraction of sp³-hybridized carbons (Fsp3) is 0.103. The van der Waals surface area contributed by atoms with Gasteiger partial charge in [0.2, 0.25) is 0 Å². The molecule has 0 aromatic heterocycles. The van der Waals surface area contributed by atoms with Gasteiger partial charge in [-0.25, -0.2) is 4.79 Å². The van der Waals surface area contributed by atoms with Crippen molar-refractivity contribution in [1.82, 2.24) is 5.32 Å². The number of carbonyl (C=O) groups is 2. The van der Waals surface area contributed by atoms with Crippen LogP contribution in [0.5, 0.6) is 11.5 Å². The summed E-state index contributed by atoms with van der Waals surface area (Å²) in [5, 5.41) is 22.9. The standard InChI is InChI=1S/C29H21F3N2O6/c30-29(31,32)22-9-7-20(8-10-22)19-3-5-21(6-4-19)27(35)33-26(28(36)37)17-18-1-13-24(14-2-18)40-25-15-11-23(12-16-25)34(38)39/h1-16,26H,17H2,(H,33,35)(H,36,37). The Kier molecular flexibility index (Phi) is 8.13. The Morgan fingerprint density at radius 3 is 1.80 bits per heavy atom. The van der Waals surface area contributed by atoms with Gasteiger partial charge in [0.15, 0.2) is 0 Å². The molecule has 11 heteroatoms. The molecule has 0 heterocycles. The van der Waals surface area contributed by atoms with Gasteiger partial charge < -0.3 is 15.2 Å². The highest BCUT2D eigenvalue weighted by atomic mass is 19.4. The highest BCUT2D eigenvalue weighted by Crippen LogP contribution is 2.31. The number of halogens is 3. The normalized spacial score (nSPS) is 11.9. The van der Waals surface area contributed by atoms with E-state index in [2.05, 4.69) is 5.32 Å². The van der Waals surface area contributed by atoms with Gasteiger partial charge in [-0.2, -0.15) is 13.2 Å². The predicted octanol–water partition coefficient (Wildman–Crippen LogP) is 6.50. The van der Waals surface area contributed by atoms with Crippen LogP contribution in [0.2, 0.25) is 0 Å². The molecule has 0 aliphatic carbocycles. The SMILES string of the molecule is O=C(NC(Cc1ccc(Oc2ccc([N+](=O)[O-])cc2)cc1)C(=O)O)c1ccc(-c2ccc(C(F)(F)F)cc2)cc1. The lowest BCUT2D eigenvalue weighted by molar-refractivity contribution is -0.384. The van der Waals surface area contributed by atoms with E-state index in [0.717, 1.165) is 12.1 Å². The molecule has 0 aliphatic heterocycles. The maximum atomic E-state index is 12.8. The molecular weight excluding hydrogens is 529 g/mol. The van der Waals surface area contributed by atoms with E-state index in [1.807, 2.05) is 0 Å². The number of non-ortho nitro benzene ring substituents is 1. The topological polar surface area (TPSA) is 119 Å². The number of benzene rings is 4. The number of rotatable bonds is 9. The smallest absolute Gasteiger partial charge is 0.416 e. The number of hydrogen-bond donors (Lipinski definition) is 2. The van der Waals surface area contributed by atoms with Crippen LogP contribution in [-0.4, -0.2) is 27.9 Å². The van der Waals surface area contributed by atoms with Crippen molar-refractivity contribution >= 4 is 17.6 Å². The number of carbonyl (C=O) groups excluding carboxylic acids is 1. The fourth-order valence-corrected chi connectivity index (χ4v) is 3.81. The van der Waals surface area contributed by atoms with Gasteiger partial charge in [0.1, 0.15) is 17.5 Å². The average molecular weight is 550 g/mol. The van der Waals surface area contributed by atoms with E-state index < -0.39 is 34.6 Å². The maximum Gasteiger partial charge on any atom is 0.416 e. The van der Waals surface area contributed by atoms with E-state index >= 15 is 0 Å². The molecule has 4 aromatic carbocycles. The van der Waals surface area contributed by atoms with E-state index in [9.17, 15) is 38.0 Å². The van der Waals surface area contributed by atoms with E-state index in [1.54, 1.807) is 36.4 Å². The highest BCUT2D eigenvalue weighted by molar-refractivity contribution is 5.97. The number of ether oxygens (including phenoxy) is 1. The first kappa shape index (κ1) is 27.8. The lowest BCUT2D eigenvalue weighted by Gasteiger charge is -2.15. The quantitative estimate of drug-likeness (QED) is 0.181. The first-order chi connectivity index (χ1) is 19.0. The monoisotopic (exact) mass is 550 g/mol. The van der Waals surface area contributed by atoms with Crippen LogP contribution in [0.25, 0.3) is 11.1 Å². The van der Waals surface area contributed by atoms with Gasteiger partial charge in [-0.05, 0) is 65.2 Å². The molecule has 0 spiro atoms. The van der Waals surface area contributed by atoms with Gasteiger partial charge in [-0.15, -0.1) is 0 Å². The molecule has 2 N–H and O–H groups in total. The number of aliphatic carboxylic acids is 1. The van der Waals surface area contributed by atoms with Crippen molar-refractivity contribution in [1.29, 1.82) is 0 Å². The van der Waals surface area contributed by atoms with Crippen molar-refractivity contribution in [2.45, 2.75) is 18.6 Å². The summed E-state index contributed by atoms with van der Waals surface area (Å²) < 4.78 is 44.0. The summed E-state index contributed by atoms with van der Waals surface area (Å²) in [5.41, 5.74) is 1.09. The molecule has 1 atom stereocenters. The summed E-state index contributed by atoms with van der Waals surface area (Å²) in [6.07, 6.45) is -4.45. The Hall–Kier alpha value is -5.19. The molecule has 0 aliphatic rings. The molecule has 0 fully saturated rings.